The Morgan fingerprint density at radius 2 is 2.12 bits per heavy atom. The molecule has 0 amide bonds. The van der Waals surface area contributed by atoms with Crippen molar-refractivity contribution in [1.82, 2.24) is 5.32 Å². The van der Waals surface area contributed by atoms with E-state index in [1.54, 1.807) is 0 Å². The number of allylic oxidation sites excluding steroid dienone is 2. The second-order valence-corrected chi connectivity index (χ2v) is 1.55. The Morgan fingerprint density at radius 1 is 1.62 bits per heavy atom. The molecular weight excluding hydrogens is 122 g/mol. The van der Waals surface area contributed by atoms with Gasteiger partial charge in [-0.25, -0.2) is 0 Å². The standard InChI is InChI=1S/C6H13N.ClH/c1-4-5-6(2)7-3;/h5,7H,4H2,1-3H3;1H/b6-5+;. The number of hydrogen-bond donors (Lipinski definition) is 1. The first-order chi connectivity index (χ1) is 3.31. The molecule has 8 heavy (non-hydrogen) atoms. The fraction of sp³-hybridized carbons (Fsp3) is 0.667. The molecule has 0 unspecified atom stereocenters. The zero-order chi connectivity index (χ0) is 5.70. The summed E-state index contributed by atoms with van der Waals surface area (Å²) in [6, 6.07) is 0. The summed E-state index contributed by atoms with van der Waals surface area (Å²) in [5.41, 5.74) is 1.25. The van der Waals surface area contributed by atoms with E-state index in [1.165, 1.54) is 5.70 Å². The first kappa shape index (κ1) is 10.7. The summed E-state index contributed by atoms with van der Waals surface area (Å²) >= 11 is 0. The van der Waals surface area contributed by atoms with Gasteiger partial charge in [0.1, 0.15) is 0 Å². The maximum atomic E-state index is 3.03. The van der Waals surface area contributed by atoms with Crippen LogP contribution in [-0.4, -0.2) is 7.05 Å². The third-order valence-electron chi connectivity index (χ3n) is 0.905. The molecular formula is C6H14ClN. The van der Waals surface area contributed by atoms with Gasteiger partial charge in [-0.2, -0.15) is 0 Å². The maximum absolute atomic E-state index is 3.03. The van der Waals surface area contributed by atoms with Crippen LogP contribution in [-0.2, 0) is 0 Å². The fourth-order valence-electron chi connectivity index (χ4n) is 0.408. The normalized spacial score (nSPS) is 10.1. The molecule has 0 fully saturated rings. The second-order valence-electron chi connectivity index (χ2n) is 1.55. The minimum atomic E-state index is 0. The van der Waals surface area contributed by atoms with Gasteiger partial charge in [-0.05, 0) is 13.3 Å². The molecule has 2 heteroatoms. The minimum absolute atomic E-state index is 0. The molecule has 0 aromatic rings. The van der Waals surface area contributed by atoms with Gasteiger partial charge in [0, 0.05) is 12.7 Å². The molecule has 0 saturated carbocycles. The molecule has 0 aromatic heterocycles. The Balaban J connectivity index is 0. The fourth-order valence-corrected chi connectivity index (χ4v) is 0.408. The van der Waals surface area contributed by atoms with Crippen LogP contribution in [0.25, 0.3) is 0 Å². The van der Waals surface area contributed by atoms with Gasteiger partial charge in [0.15, 0.2) is 0 Å². The van der Waals surface area contributed by atoms with Gasteiger partial charge in [0.05, 0.1) is 0 Å². The van der Waals surface area contributed by atoms with Crippen molar-refractivity contribution < 1.29 is 0 Å². The summed E-state index contributed by atoms with van der Waals surface area (Å²) in [5, 5.41) is 3.03. The lowest BCUT2D eigenvalue weighted by molar-refractivity contribution is 0.967. The zero-order valence-electron chi connectivity index (χ0n) is 5.69. The quantitative estimate of drug-likeness (QED) is 0.610. The summed E-state index contributed by atoms with van der Waals surface area (Å²) in [6.45, 7) is 4.18. The summed E-state index contributed by atoms with van der Waals surface area (Å²) in [7, 11) is 1.93. The van der Waals surface area contributed by atoms with Gasteiger partial charge in [-0.15, -0.1) is 12.4 Å². The zero-order valence-corrected chi connectivity index (χ0v) is 6.51. The van der Waals surface area contributed by atoms with E-state index in [1.807, 2.05) is 7.05 Å². The van der Waals surface area contributed by atoms with E-state index >= 15 is 0 Å². The second kappa shape index (κ2) is 6.83. The average molecular weight is 136 g/mol. The van der Waals surface area contributed by atoms with Gasteiger partial charge < -0.3 is 5.32 Å². The van der Waals surface area contributed by atoms with Crippen molar-refractivity contribution in [2.24, 2.45) is 0 Å². The van der Waals surface area contributed by atoms with E-state index in [-0.39, 0.29) is 12.4 Å². The number of nitrogens with one attached hydrogen (secondary N) is 1. The third-order valence-corrected chi connectivity index (χ3v) is 0.905. The summed E-state index contributed by atoms with van der Waals surface area (Å²) in [6.07, 6.45) is 3.27. The van der Waals surface area contributed by atoms with E-state index in [0.717, 1.165) is 6.42 Å². The van der Waals surface area contributed by atoms with E-state index in [4.69, 9.17) is 0 Å². The monoisotopic (exact) mass is 135 g/mol. The molecule has 0 aliphatic carbocycles. The van der Waals surface area contributed by atoms with Crippen LogP contribution >= 0.6 is 12.4 Å². The predicted octanol–water partition coefficient (Wildman–Crippen LogP) is 1.94. The van der Waals surface area contributed by atoms with E-state index in [2.05, 4.69) is 25.2 Å². The lowest BCUT2D eigenvalue weighted by Crippen LogP contribution is -2.00. The molecule has 0 aliphatic rings. The highest BCUT2D eigenvalue weighted by Gasteiger charge is 1.74. The van der Waals surface area contributed by atoms with Crippen LogP contribution < -0.4 is 5.32 Å². The van der Waals surface area contributed by atoms with Crippen molar-refractivity contribution in [2.45, 2.75) is 20.3 Å². The van der Waals surface area contributed by atoms with Crippen LogP contribution in [0.3, 0.4) is 0 Å². The summed E-state index contributed by atoms with van der Waals surface area (Å²) in [4.78, 5) is 0. The predicted molar refractivity (Wildman–Crippen MR) is 40.4 cm³/mol. The highest BCUT2D eigenvalue weighted by Crippen LogP contribution is 1.85. The molecule has 1 nitrogen and oxygen atoms in total. The van der Waals surface area contributed by atoms with E-state index in [0.29, 0.717) is 0 Å². The van der Waals surface area contributed by atoms with Crippen molar-refractivity contribution >= 4 is 12.4 Å². The van der Waals surface area contributed by atoms with Crippen molar-refractivity contribution in [3.05, 3.63) is 11.8 Å². The lowest BCUT2D eigenvalue weighted by atomic mass is 10.4. The van der Waals surface area contributed by atoms with E-state index in [9.17, 15) is 0 Å². The van der Waals surface area contributed by atoms with Crippen molar-refractivity contribution in [1.29, 1.82) is 0 Å². The Hall–Kier alpha value is -0.170. The van der Waals surface area contributed by atoms with Gasteiger partial charge in [-0.3, -0.25) is 0 Å². The molecule has 0 rings (SSSR count). The van der Waals surface area contributed by atoms with Crippen molar-refractivity contribution in [3.8, 4) is 0 Å². The van der Waals surface area contributed by atoms with Gasteiger partial charge in [0.25, 0.3) is 0 Å². The molecule has 0 spiro atoms. The largest absolute Gasteiger partial charge is 0.392 e. The molecule has 0 saturated heterocycles. The molecule has 50 valence electrons. The smallest absolute Gasteiger partial charge is 0.00318 e. The van der Waals surface area contributed by atoms with Crippen LogP contribution in [0.15, 0.2) is 11.8 Å². The average Bonchev–Trinajstić information content (AvgIpc) is 1.68. The van der Waals surface area contributed by atoms with Gasteiger partial charge in [-0.1, -0.05) is 13.0 Å². The molecule has 0 atom stereocenters. The van der Waals surface area contributed by atoms with Crippen LogP contribution in [0.4, 0.5) is 0 Å². The molecule has 0 radical (unpaired) electrons. The third kappa shape index (κ3) is 5.83. The maximum Gasteiger partial charge on any atom is 0.00318 e. The van der Waals surface area contributed by atoms with Gasteiger partial charge >= 0.3 is 0 Å². The molecule has 0 bridgehead atoms. The molecule has 1 N–H and O–H groups in total. The first-order valence-corrected chi connectivity index (χ1v) is 2.65. The number of rotatable bonds is 2. The van der Waals surface area contributed by atoms with Crippen LogP contribution in [0.5, 0.6) is 0 Å². The summed E-state index contributed by atoms with van der Waals surface area (Å²) < 4.78 is 0. The topological polar surface area (TPSA) is 12.0 Å². The lowest BCUT2D eigenvalue weighted by Gasteiger charge is -1.93. The molecule has 0 heterocycles. The number of hydrogen-bond acceptors (Lipinski definition) is 1. The molecule has 0 aromatic carbocycles. The van der Waals surface area contributed by atoms with Crippen molar-refractivity contribution in [3.63, 3.8) is 0 Å². The Morgan fingerprint density at radius 3 is 2.25 bits per heavy atom. The highest BCUT2D eigenvalue weighted by molar-refractivity contribution is 5.85. The van der Waals surface area contributed by atoms with Crippen molar-refractivity contribution in [2.75, 3.05) is 7.05 Å². The summed E-state index contributed by atoms with van der Waals surface area (Å²) in [5.74, 6) is 0. The van der Waals surface area contributed by atoms with Crippen LogP contribution in [0, 0.1) is 0 Å². The van der Waals surface area contributed by atoms with E-state index < -0.39 is 0 Å². The SMILES string of the molecule is CC/C=C(\C)NC.Cl. The number of halogens is 1. The molecule has 0 aliphatic heterocycles. The minimum Gasteiger partial charge on any atom is -0.392 e. The Kier molecular flexibility index (Phi) is 9.17. The first-order valence-electron chi connectivity index (χ1n) is 2.65. The van der Waals surface area contributed by atoms with Gasteiger partial charge in [0.2, 0.25) is 0 Å². The van der Waals surface area contributed by atoms with Crippen LogP contribution in [0.1, 0.15) is 20.3 Å². The Labute approximate surface area is 57.6 Å². The highest BCUT2D eigenvalue weighted by atomic mass is 35.5. The Bertz CT molecular complexity index is 68.9. The van der Waals surface area contributed by atoms with Crippen LogP contribution in [0.2, 0.25) is 0 Å².